The fourth-order valence-corrected chi connectivity index (χ4v) is 3.13. The second-order valence-electron chi connectivity index (χ2n) is 6.39. The van der Waals surface area contributed by atoms with E-state index in [1.165, 1.54) is 0 Å². The summed E-state index contributed by atoms with van der Waals surface area (Å²) >= 11 is 0. The molecule has 0 spiro atoms. The molecule has 26 heavy (non-hydrogen) atoms. The van der Waals surface area contributed by atoms with Crippen LogP contribution in [0.15, 0.2) is 54.6 Å². The summed E-state index contributed by atoms with van der Waals surface area (Å²) in [7, 11) is 0. The van der Waals surface area contributed by atoms with E-state index in [1.807, 2.05) is 30.3 Å². The molecule has 0 saturated carbocycles. The lowest BCUT2D eigenvalue weighted by molar-refractivity contribution is -0.350. The summed E-state index contributed by atoms with van der Waals surface area (Å²) in [5.74, 6) is 0.480. The van der Waals surface area contributed by atoms with Gasteiger partial charge in [-0.25, -0.2) is 0 Å². The van der Waals surface area contributed by atoms with E-state index in [0.717, 1.165) is 5.56 Å². The second-order valence-corrected chi connectivity index (χ2v) is 6.39. The van der Waals surface area contributed by atoms with Crippen molar-refractivity contribution in [1.29, 1.82) is 0 Å². The maximum absolute atomic E-state index is 10.5. The molecule has 2 saturated heterocycles. The number of hydrogen-bond donors (Lipinski definition) is 3. The average molecular weight is 359 g/mol. The molecule has 7 nitrogen and oxygen atoms in total. The maximum atomic E-state index is 10.5. The van der Waals surface area contributed by atoms with Gasteiger partial charge >= 0.3 is 0 Å². The number of ether oxygens (including phenoxy) is 4. The van der Waals surface area contributed by atoms with Gasteiger partial charge in [-0.2, -0.15) is 0 Å². The van der Waals surface area contributed by atoms with Gasteiger partial charge in [0, 0.05) is 11.3 Å². The van der Waals surface area contributed by atoms with Crippen molar-refractivity contribution < 1.29 is 29.2 Å². The van der Waals surface area contributed by atoms with Crippen molar-refractivity contribution >= 4 is 5.69 Å². The summed E-state index contributed by atoms with van der Waals surface area (Å²) in [6, 6.07) is 16.1. The predicted molar refractivity (Wildman–Crippen MR) is 92.2 cm³/mol. The summed E-state index contributed by atoms with van der Waals surface area (Å²) in [5.41, 5.74) is 7.09. The lowest BCUT2D eigenvalue weighted by Crippen LogP contribution is -2.62. The summed E-state index contributed by atoms with van der Waals surface area (Å²) in [6.07, 6.45) is -5.33. The van der Waals surface area contributed by atoms with Gasteiger partial charge in [-0.05, 0) is 24.3 Å². The number of aliphatic hydroxyl groups excluding tert-OH is 2. The fourth-order valence-electron chi connectivity index (χ4n) is 3.13. The number of aliphatic hydroxyl groups is 2. The monoisotopic (exact) mass is 359 g/mol. The largest absolute Gasteiger partial charge is 0.462 e. The number of benzene rings is 2. The van der Waals surface area contributed by atoms with Crippen LogP contribution in [0, 0.1) is 0 Å². The Morgan fingerprint density at radius 2 is 1.65 bits per heavy atom. The van der Waals surface area contributed by atoms with Gasteiger partial charge in [0.2, 0.25) is 6.29 Å². The maximum Gasteiger partial charge on any atom is 0.229 e. The SMILES string of the molecule is Nc1ccc(O[C@H]2O[C@@H]3CO[C@H](c4ccccc4)O[C@@H]3[C@H](O)[C@H]2O)cc1. The molecule has 7 heteroatoms. The Hall–Kier alpha value is -2.16. The first kappa shape index (κ1) is 17.3. The van der Waals surface area contributed by atoms with Crippen LogP contribution in [0.4, 0.5) is 5.69 Å². The molecule has 0 unspecified atom stereocenters. The fraction of sp³-hybridized carbons (Fsp3) is 0.368. The first-order chi connectivity index (χ1) is 12.6. The van der Waals surface area contributed by atoms with Crippen molar-refractivity contribution in [3.8, 4) is 5.75 Å². The molecular formula is C19H21NO6. The van der Waals surface area contributed by atoms with E-state index >= 15 is 0 Å². The molecular weight excluding hydrogens is 338 g/mol. The van der Waals surface area contributed by atoms with Crippen molar-refractivity contribution in [2.45, 2.75) is 37.0 Å². The highest BCUT2D eigenvalue weighted by Crippen LogP contribution is 2.34. The predicted octanol–water partition coefficient (Wildman–Crippen LogP) is 1.21. The molecule has 2 aliphatic heterocycles. The lowest BCUT2D eigenvalue weighted by Gasteiger charge is -2.46. The van der Waals surface area contributed by atoms with Crippen LogP contribution in [0.5, 0.6) is 5.75 Å². The molecule has 0 amide bonds. The minimum atomic E-state index is -1.26. The van der Waals surface area contributed by atoms with Gasteiger partial charge in [-0.3, -0.25) is 0 Å². The van der Waals surface area contributed by atoms with E-state index < -0.39 is 37.0 Å². The Balaban J connectivity index is 1.45. The van der Waals surface area contributed by atoms with Crippen LogP contribution in [0.2, 0.25) is 0 Å². The normalized spacial score (nSPS) is 34.1. The zero-order valence-corrected chi connectivity index (χ0v) is 14.0. The molecule has 0 aliphatic carbocycles. The Labute approximate surface area is 150 Å². The molecule has 2 aromatic rings. The highest BCUT2D eigenvalue weighted by Gasteiger charge is 2.49. The number of hydrogen-bond acceptors (Lipinski definition) is 7. The van der Waals surface area contributed by atoms with Crippen molar-refractivity contribution in [2.24, 2.45) is 0 Å². The molecule has 0 bridgehead atoms. The van der Waals surface area contributed by atoms with Gasteiger partial charge in [-0.15, -0.1) is 0 Å². The molecule has 2 heterocycles. The van der Waals surface area contributed by atoms with E-state index in [1.54, 1.807) is 24.3 Å². The third kappa shape index (κ3) is 3.40. The van der Waals surface area contributed by atoms with Gasteiger partial charge in [0.1, 0.15) is 30.2 Å². The molecule has 2 fully saturated rings. The minimum Gasteiger partial charge on any atom is -0.462 e. The van der Waals surface area contributed by atoms with Crippen LogP contribution in [0.3, 0.4) is 0 Å². The molecule has 138 valence electrons. The number of nitrogen functional groups attached to an aromatic ring is 1. The minimum absolute atomic E-state index is 0.218. The zero-order chi connectivity index (χ0) is 18.1. The van der Waals surface area contributed by atoms with Crippen molar-refractivity contribution in [3.05, 3.63) is 60.2 Å². The summed E-state index contributed by atoms with van der Waals surface area (Å²) in [4.78, 5) is 0. The molecule has 6 atom stereocenters. The summed E-state index contributed by atoms with van der Waals surface area (Å²) in [5, 5.41) is 20.9. The van der Waals surface area contributed by atoms with Crippen LogP contribution < -0.4 is 10.5 Å². The molecule has 4 N–H and O–H groups in total. The lowest BCUT2D eigenvalue weighted by atomic mass is 9.98. The zero-order valence-electron chi connectivity index (χ0n) is 14.0. The van der Waals surface area contributed by atoms with Crippen molar-refractivity contribution in [2.75, 3.05) is 12.3 Å². The molecule has 0 radical (unpaired) electrons. The van der Waals surface area contributed by atoms with Gasteiger partial charge in [-0.1, -0.05) is 30.3 Å². The van der Waals surface area contributed by atoms with E-state index in [2.05, 4.69) is 0 Å². The quantitative estimate of drug-likeness (QED) is 0.708. The standard InChI is InChI=1S/C19H21NO6/c20-12-6-8-13(9-7-12)24-19-16(22)15(21)17-14(25-19)10-23-18(26-17)11-4-2-1-3-5-11/h1-9,14-19,21-22H,10,20H2/t14-,15-,16-,17+,18+,19+/m1/s1. The number of nitrogens with two attached hydrogens (primary N) is 1. The Kier molecular flexibility index (Phi) is 4.80. The highest BCUT2D eigenvalue weighted by molar-refractivity contribution is 5.41. The number of fused-ring (bicyclic) bond motifs is 1. The van der Waals surface area contributed by atoms with E-state index in [9.17, 15) is 10.2 Å². The molecule has 2 aromatic carbocycles. The number of anilines is 1. The van der Waals surface area contributed by atoms with Crippen LogP contribution in [-0.4, -0.2) is 47.5 Å². The number of rotatable bonds is 3. The smallest absolute Gasteiger partial charge is 0.229 e. The third-order valence-corrected chi connectivity index (χ3v) is 4.54. The van der Waals surface area contributed by atoms with Gasteiger partial charge in [0.15, 0.2) is 6.29 Å². The van der Waals surface area contributed by atoms with E-state index in [4.69, 9.17) is 24.7 Å². The van der Waals surface area contributed by atoms with Gasteiger partial charge < -0.3 is 34.9 Å². The third-order valence-electron chi connectivity index (χ3n) is 4.54. The van der Waals surface area contributed by atoms with Gasteiger partial charge in [0.05, 0.1) is 6.61 Å². The van der Waals surface area contributed by atoms with Crippen LogP contribution in [0.25, 0.3) is 0 Å². The summed E-state index contributed by atoms with van der Waals surface area (Å²) < 4.78 is 23.0. The van der Waals surface area contributed by atoms with Crippen LogP contribution in [0.1, 0.15) is 11.9 Å². The molecule has 4 rings (SSSR count). The van der Waals surface area contributed by atoms with Crippen LogP contribution in [-0.2, 0) is 14.2 Å². The summed E-state index contributed by atoms with van der Waals surface area (Å²) in [6.45, 7) is 0.218. The Morgan fingerprint density at radius 3 is 2.38 bits per heavy atom. The molecule has 0 aromatic heterocycles. The average Bonchev–Trinajstić information content (AvgIpc) is 2.68. The Morgan fingerprint density at radius 1 is 0.923 bits per heavy atom. The first-order valence-electron chi connectivity index (χ1n) is 8.47. The van der Waals surface area contributed by atoms with Crippen molar-refractivity contribution in [1.82, 2.24) is 0 Å². The highest BCUT2D eigenvalue weighted by atomic mass is 16.8. The van der Waals surface area contributed by atoms with Crippen molar-refractivity contribution in [3.63, 3.8) is 0 Å². The van der Waals surface area contributed by atoms with E-state index in [0.29, 0.717) is 11.4 Å². The van der Waals surface area contributed by atoms with E-state index in [-0.39, 0.29) is 6.61 Å². The van der Waals surface area contributed by atoms with Crippen LogP contribution >= 0.6 is 0 Å². The first-order valence-corrected chi connectivity index (χ1v) is 8.47. The van der Waals surface area contributed by atoms with Gasteiger partial charge in [0.25, 0.3) is 0 Å². The second kappa shape index (κ2) is 7.22. The molecule has 2 aliphatic rings. The Bertz CT molecular complexity index is 723. The topological polar surface area (TPSA) is 103 Å².